The second kappa shape index (κ2) is 8.65. The summed E-state index contributed by atoms with van der Waals surface area (Å²) in [6.07, 6.45) is 0. The summed E-state index contributed by atoms with van der Waals surface area (Å²) < 4.78 is 10.2. The molecule has 0 unspecified atom stereocenters. The number of ether oxygens (including phenoxy) is 2. The predicted octanol–water partition coefficient (Wildman–Crippen LogP) is 4.61. The molecule has 0 aliphatic carbocycles. The molecular weight excluding hydrogens is 386 g/mol. The van der Waals surface area contributed by atoms with Crippen LogP contribution in [-0.2, 0) is 9.47 Å². The van der Waals surface area contributed by atoms with Crippen molar-refractivity contribution in [1.29, 1.82) is 0 Å². The van der Waals surface area contributed by atoms with E-state index in [0.717, 1.165) is 16.6 Å². The van der Waals surface area contributed by atoms with Crippen LogP contribution in [0.5, 0.6) is 0 Å². The van der Waals surface area contributed by atoms with Gasteiger partial charge < -0.3 is 14.4 Å². The lowest BCUT2D eigenvalue weighted by atomic mass is 10.2. The Balaban J connectivity index is 2.09. The third-order valence-corrected chi connectivity index (χ3v) is 5.42. The van der Waals surface area contributed by atoms with E-state index >= 15 is 0 Å². The maximum atomic E-state index is 12.5. The largest absolute Gasteiger partial charge is 0.459 e. The molecule has 0 aliphatic rings. The van der Waals surface area contributed by atoms with Crippen LogP contribution in [0.3, 0.4) is 0 Å². The minimum Gasteiger partial charge on any atom is -0.459 e. The number of aromatic nitrogens is 2. The molecule has 0 aliphatic heterocycles. The molecule has 2 heterocycles. The van der Waals surface area contributed by atoms with Crippen LogP contribution in [0.15, 0.2) is 30.3 Å². The van der Waals surface area contributed by atoms with E-state index in [9.17, 15) is 4.79 Å². The van der Waals surface area contributed by atoms with Gasteiger partial charge in [0.15, 0.2) is 0 Å². The van der Waals surface area contributed by atoms with Crippen molar-refractivity contribution in [1.82, 2.24) is 9.97 Å². The number of thiophene rings is 1. The average Bonchev–Trinajstić information content (AvgIpc) is 2.99. The first kappa shape index (κ1) is 19.5. The molecule has 0 atom stereocenters. The molecular formula is C19H20ClN3O3S. The number of nitrogens with zero attached hydrogens (tertiary/aromatic N) is 3. The van der Waals surface area contributed by atoms with Gasteiger partial charge in [-0.2, -0.15) is 4.98 Å². The highest BCUT2D eigenvalue weighted by atomic mass is 35.5. The standard InChI is InChI=1S/C19H20ClN3O3S/c1-4-23(13-8-6-5-7-9-13)16-14-12(2)15(18(24)26-11-10-25-3)27-17(14)22-19(20)21-16/h5-9H,4,10-11H2,1-3H3. The summed E-state index contributed by atoms with van der Waals surface area (Å²) in [5.74, 6) is 0.292. The quantitative estimate of drug-likeness (QED) is 0.325. The van der Waals surface area contributed by atoms with Crippen molar-refractivity contribution in [2.24, 2.45) is 0 Å². The van der Waals surface area contributed by atoms with Crippen LogP contribution in [0.1, 0.15) is 22.2 Å². The number of esters is 1. The molecule has 2 aromatic heterocycles. The number of halogens is 1. The molecule has 27 heavy (non-hydrogen) atoms. The number of anilines is 2. The number of benzene rings is 1. The monoisotopic (exact) mass is 405 g/mol. The number of carbonyl (C=O) groups excluding carboxylic acids is 1. The highest BCUT2D eigenvalue weighted by Crippen LogP contribution is 2.38. The van der Waals surface area contributed by atoms with Crippen LogP contribution in [0, 0.1) is 6.92 Å². The van der Waals surface area contributed by atoms with Gasteiger partial charge in [-0.15, -0.1) is 11.3 Å². The first-order chi connectivity index (χ1) is 13.1. The van der Waals surface area contributed by atoms with Crippen molar-refractivity contribution < 1.29 is 14.3 Å². The Morgan fingerprint density at radius 3 is 2.63 bits per heavy atom. The fraction of sp³-hybridized carbons (Fsp3) is 0.316. The molecule has 1 aromatic carbocycles. The first-order valence-corrected chi connectivity index (χ1v) is 9.71. The molecule has 0 saturated carbocycles. The molecule has 6 nitrogen and oxygen atoms in total. The summed E-state index contributed by atoms with van der Waals surface area (Å²) in [4.78, 5) is 24.5. The number of methoxy groups -OCH3 is 1. The Morgan fingerprint density at radius 1 is 1.22 bits per heavy atom. The van der Waals surface area contributed by atoms with E-state index in [-0.39, 0.29) is 11.9 Å². The van der Waals surface area contributed by atoms with Crippen LogP contribution in [0.25, 0.3) is 10.2 Å². The highest BCUT2D eigenvalue weighted by Gasteiger charge is 2.24. The van der Waals surface area contributed by atoms with Gasteiger partial charge in [0.05, 0.1) is 12.0 Å². The van der Waals surface area contributed by atoms with E-state index in [4.69, 9.17) is 21.1 Å². The SMILES string of the molecule is CCN(c1ccccc1)c1nc(Cl)nc2sc(C(=O)OCCOC)c(C)c12. The maximum Gasteiger partial charge on any atom is 0.348 e. The number of fused-ring (bicyclic) bond motifs is 1. The highest BCUT2D eigenvalue weighted by molar-refractivity contribution is 7.20. The molecule has 0 saturated heterocycles. The number of hydrogen-bond donors (Lipinski definition) is 0. The Labute approximate surface area is 166 Å². The van der Waals surface area contributed by atoms with Crippen molar-refractivity contribution in [2.45, 2.75) is 13.8 Å². The van der Waals surface area contributed by atoms with Crippen LogP contribution in [-0.4, -0.2) is 42.8 Å². The van der Waals surface area contributed by atoms with Gasteiger partial charge >= 0.3 is 5.97 Å². The third kappa shape index (κ3) is 4.05. The number of rotatable bonds is 7. The average molecular weight is 406 g/mol. The van der Waals surface area contributed by atoms with E-state index in [1.165, 1.54) is 11.3 Å². The second-order valence-electron chi connectivity index (χ2n) is 5.76. The first-order valence-electron chi connectivity index (χ1n) is 8.52. The normalized spacial score (nSPS) is 11.0. The summed E-state index contributed by atoms with van der Waals surface area (Å²) in [6.45, 7) is 5.16. The zero-order valence-corrected chi connectivity index (χ0v) is 16.9. The molecule has 0 spiro atoms. The van der Waals surface area contributed by atoms with Gasteiger partial charge in [0, 0.05) is 19.3 Å². The van der Waals surface area contributed by atoms with Crippen LogP contribution in [0.2, 0.25) is 5.28 Å². The molecule has 0 radical (unpaired) electrons. The lowest BCUT2D eigenvalue weighted by Crippen LogP contribution is -2.18. The molecule has 0 fully saturated rings. The molecule has 0 N–H and O–H groups in total. The molecule has 0 amide bonds. The van der Waals surface area contributed by atoms with E-state index < -0.39 is 5.97 Å². The van der Waals surface area contributed by atoms with Gasteiger partial charge in [0.2, 0.25) is 5.28 Å². The zero-order valence-electron chi connectivity index (χ0n) is 15.4. The minimum atomic E-state index is -0.391. The van der Waals surface area contributed by atoms with E-state index in [1.807, 2.05) is 44.2 Å². The number of carbonyl (C=O) groups is 1. The molecule has 0 bridgehead atoms. The van der Waals surface area contributed by atoms with Gasteiger partial charge in [-0.25, -0.2) is 9.78 Å². The van der Waals surface area contributed by atoms with E-state index in [2.05, 4.69) is 14.9 Å². The van der Waals surface area contributed by atoms with E-state index in [0.29, 0.717) is 28.7 Å². The van der Waals surface area contributed by atoms with Crippen molar-refractivity contribution in [3.05, 3.63) is 46.1 Å². The lowest BCUT2D eigenvalue weighted by Gasteiger charge is -2.23. The number of aryl methyl sites for hydroxylation is 1. The summed E-state index contributed by atoms with van der Waals surface area (Å²) in [6, 6.07) is 9.91. The Morgan fingerprint density at radius 2 is 1.96 bits per heavy atom. The summed E-state index contributed by atoms with van der Waals surface area (Å²) in [5, 5.41) is 0.959. The second-order valence-corrected chi connectivity index (χ2v) is 7.10. The summed E-state index contributed by atoms with van der Waals surface area (Å²) >= 11 is 7.44. The Bertz CT molecular complexity index is 946. The summed E-state index contributed by atoms with van der Waals surface area (Å²) in [5.41, 5.74) is 1.78. The van der Waals surface area contributed by atoms with Crippen molar-refractivity contribution >= 4 is 50.6 Å². The number of para-hydroxylation sites is 1. The van der Waals surface area contributed by atoms with Gasteiger partial charge in [-0.3, -0.25) is 0 Å². The van der Waals surface area contributed by atoms with Gasteiger partial charge in [-0.05, 0) is 43.1 Å². The van der Waals surface area contributed by atoms with Crippen molar-refractivity contribution in [2.75, 3.05) is 31.8 Å². The van der Waals surface area contributed by atoms with Crippen molar-refractivity contribution in [3.63, 3.8) is 0 Å². The number of hydrogen-bond acceptors (Lipinski definition) is 7. The third-order valence-electron chi connectivity index (χ3n) is 4.09. The fourth-order valence-corrected chi connectivity index (χ4v) is 4.11. The smallest absolute Gasteiger partial charge is 0.348 e. The molecule has 3 rings (SSSR count). The Hall–Kier alpha value is -2.22. The fourth-order valence-electron chi connectivity index (χ4n) is 2.83. The molecule has 8 heteroatoms. The molecule has 3 aromatic rings. The maximum absolute atomic E-state index is 12.5. The van der Waals surface area contributed by atoms with Gasteiger partial charge in [0.1, 0.15) is 22.1 Å². The van der Waals surface area contributed by atoms with E-state index in [1.54, 1.807) is 7.11 Å². The zero-order chi connectivity index (χ0) is 19.4. The van der Waals surface area contributed by atoms with Crippen molar-refractivity contribution in [3.8, 4) is 0 Å². The minimum absolute atomic E-state index is 0.146. The van der Waals surface area contributed by atoms with Crippen LogP contribution >= 0.6 is 22.9 Å². The van der Waals surface area contributed by atoms with Crippen LogP contribution < -0.4 is 4.90 Å². The lowest BCUT2D eigenvalue weighted by molar-refractivity contribution is 0.0393. The van der Waals surface area contributed by atoms with Gasteiger partial charge in [-0.1, -0.05) is 18.2 Å². The Kier molecular flexibility index (Phi) is 6.26. The topological polar surface area (TPSA) is 64.6 Å². The summed E-state index contributed by atoms with van der Waals surface area (Å²) in [7, 11) is 1.56. The van der Waals surface area contributed by atoms with Gasteiger partial charge in [0.25, 0.3) is 0 Å². The molecule has 142 valence electrons. The van der Waals surface area contributed by atoms with Crippen LogP contribution in [0.4, 0.5) is 11.5 Å². The predicted molar refractivity (Wildman–Crippen MR) is 108 cm³/mol.